The number of halogens is 1. The number of hydroxylamine groups is 1. The summed E-state index contributed by atoms with van der Waals surface area (Å²) in [5.41, 5.74) is 4.22. The molecule has 124 valence electrons. The molecule has 2 aliphatic heterocycles. The Morgan fingerprint density at radius 2 is 2.04 bits per heavy atom. The number of carbonyl (C=O) groups is 1. The molecule has 1 fully saturated rings. The minimum Gasteiger partial charge on any atom is -0.340 e. The smallest absolute Gasteiger partial charge is 0.254 e. The Kier molecular flexibility index (Phi) is 4.49. The molecule has 1 aromatic rings. The van der Waals surface area contributed by atoms with Gasteiger partial charge in [-0.1, -0.05) is 6.07 Å². The van der Waals surface area contributed by atoms with Crippen LogP contribution in [0.2, 0.25) is 0 Å². The van der Waals surface area contributed by atoms with Crippen LogP contribution in [0.15, 0.2) is 30.6 Å². The lowest BCUT2D eigenvalue weighted by Gasteiger charge is -2.26. The van der Waals surface area contributed by atoms with E-state index in [2.05, 4.69) is 5.53 Å². The lowest BCUT2D eigenvalue weighted by Crippen LogP contribution is -2.45. The number of aryl methyl sites for hydroxylation is 1. The number of hydrogen-bond acceptors (Lipinski definition) is 5. The van der Waals surface area contributed by atoms with Crippen molar-refractivity contribution in [1.29, 1.82) is 0 Å². The van der Waals surface area contributed by atoms with Crippen molar-refractivity contribution in [2.24, 2.45) is 0 Å². The number of carbonyl (C=O) groups excluding carboxylic acids is 1. The molecule has 0 bridgehead atoms. The summed E-state index contributed by atoms with van der Waals surface area (Å²) in [5, 5.41) is 2.83. The first-order valence-electron chi connectivity index (χ1n) is 7.79. The van der Waals surface area contributed by atoms with Crippen LogP contribution in [0, 0.1) is 12.7 Å². The van der Waals surface area contributed by atoms with E-state index in [4.69, 9.17) is 4.84 Å². The van der Waals surface area contributed by atoms with Gasteiger partial charge >= 0.3 is 0 Å². The van der Waals surface area contributed by atoms with Crippen LogP contribution in [0.3, 0.4) is 0 Å². The van der Waals surface area contributed by atoms with Gasteiger partial charge in [0, 0.05) is 19.3 Å². The summed E-state index contributed by atoms with van der Waals surface area (Å²) < 4.78 is 13.9. The fourth-order valence-corrected chi connectivity index (χ4v) is 2.71. The van der Waals surface area contributed by atoms with Gasteiger partial charge < -0.3 is 4.90 Å². The Hall–Kier alpha value is -2.12. The van der Waals surface area contributed by atoms with Gasteiger partial charge in [0.1, 0.15) is 5.82 Å². The topological polar surface area (TPSA) is 48.1 Å². The van der Waals surface area contributed by atoms with E-state index in [0.717, 1.165) is 31.5 Å². The van der Waals surface area contributed by atoms with E-state index in [9.17, 15) is 9.18 Å². The molecule has 3 rings (SSSR count). The Bertz CT molecular complexity index is 616. The number of nitrogens with zero attached hydrogens (tertiary/aromatic N) is 3. The molecule has 23 heavy (non-hydrogen) atoms. The highest BCUT2D eigenvalue weighted by Gasteiger charge is 2.27. The molecule has 1 amide bonds. The first kappa shape index (κ1) is 15.8. The Morgan fingerprint density at radius 3 is 2.78 bits per heavy atom. The first-order valence-corrected chi connectivity index (χ1v) is 7.79. The predicted octanol–water partition coefficient (Wildman–Crippen LogP) is 2.09. The zero-order valence-electron chi connectivity index (χ0n) is 13.3. The fourth-order valence-electron chi connectivity index (χ4n) is 2.71. The maximum Gasteiger partial charge on any atom is 0.254 e. The second-order valence-electron chi connectivity index (χ2n) is 5.83. The third kappa shape index (κ3) is 3.46. The molecule has 2 heterocycles. The molecule has 0 spiro atoms. The van der Waals surface area contributed by atoms with Crippen molar-refractivity contribution in [3.05, 3.63) is 42.0 Å². The minimum absolute atomic E-state index is 0.0297. The number of likely N-dealkylation sites (tertiary alicyclic amines) is 1. The number of benzene rings is 1. The van der Waals surface area contributed by atoms with Crippen LogP contribution in [0.1, 0.15) is 25.3 Å². The molecule has 0 saturated carbocycles. The van der Waals surface area contributed by atoms with Crippen molar-refractivity contribution in [2.45, 2.75) is 32.8 Å². The van der Waals surface area contributed by atoms with E-state index >= 15 is 0 Å². The summed E-state index contributed by atoms with van der Waals surface area (Å²) in [5.74, 6) is -0.367. The van der Waals surface area contributed by atoms with Crippen molar-refractivity contribution in [3.63, 3.8) is 0 Å². The molecule has 7 heteroatoms. The van der Waals surface area contributed by atoms with Gasteiger partial charge in [0.2, 0.25) is 0 Å². The second-order valence-corrected chi connectivity index (χ2v) is 5.83. The Balaban J connectivity index is 1.58. The van der Waals surface area contributed by atoms with Crippen molar-refractivity contribution >= 4 is 11.6 Å². The van der Waals surface area contributed by atoms with E-state index in [1.807, 2.05) is 11.8 Å². The van der Waals surface area contributed by atoms with Crippen LogP contribution in [0.5, 0.6) is 0 Å². The predicted molar refractivity (Wildman–Crippen MR) is 84.1 cm³/mol. The van der Waals surface area contributed by atoms with Gasteiger partial charge in [-0.25, -0.2) is 9.23 Å². The summed E-state index contributed by atoms with van der Waals surface area (Å²) >= 11 is 0. The molecule has 1 N–H and O–H groups in total. The maximum absolute atomic E-state index is 13.9. The van der Waals surface area contributed by atoms with E-state index in [-0.39, 0.29) is 11.7 Å². The summed E-state index contributed by atoms with van der Waals surface area (Å²) in [6.07, 6.45) is 4.73. The van der Waals surface area contributed by atoms with Crippen LogP contribution in [0.4, 0.5) is 10.1 Å². The number of rotatable bonds is 4. The summed E-state index contributed by atoms with van der Waals surface area (Å²) in [7, 11) is 0. The van der Waals surface area contributed by atoms with Crippen LogP contribution in [0.25, 0.3) is 0 Å². The van der Waals surface area contributed by atoms with Gasteiger partial charge in [0.25, 0.3) is 5.91 Å². The average molecular weight is 320 g/mol. The minimum atomic E-state index is -0.604. The standard InChI is InChI=1S/C16H21FN4O2/c1-12-5-6-14(17)15(11-12)20-9-10-21(18-20)23-13(2)16(22)19-7-3-4-8-19/h5-6,9-11,13,18H,3-4,7-8H2,1-2H3. The Labute approximate surface area is 135 Å². The van der Waals surface area contributed by atoms with E-state index in [1.54, 1.807) is 31.5 Å². The second kappa shape index (κ2) is 6.55. The zero-order chi connectivity index (χ0) is 16.4. The number of hydrogen-bond donors (Lipinski definition) is 1. The highest BCUT2D eigenvalue weighted by atomic mass is 19.1. The van der Waals surface area contributed by atoms with Gasteiger partial charge in [-0.2, -0.15) is 5.17 Å². The normalized spacial score (nSPS) is 18.8. The highest BCUT2D eigenvalue weighted by molar-refractivity contribution is 5.80. The third-order valence-corrected chi connectivity index (χ3v) is 3.96. The van der Waals surface area contributed by atoms with Gasteiger partial charge in [-0.05, 0) is 44.4 Å². The van der Waals surface area contributed by atoms with Crippen LogP contribution in [-0.2, 0) is 9.63 Å². The molecule has 2 aliphatic rings. The molecule has 0 radical (unpaired) electrons. The van der Waals surface area contributed by atoms with Crippen molar-refractivity contribution < 1.29 is 14.0 Å². The van der Waals surface area contributed by atoms with Crippen LogP contribution in [-0.4, -0.2) is 35.2 Å². The summed E-state index contributed by atoms with van der Waals surface area (Å²) in [6, 6.07) is 4.86. The number of anilines is 1. The van der Waals surface area contributed by atoms with Crippen molar-refractivity contribution in [3.8, 4) is 0 Å². The van der Waals surface area contributed by atoms with E-state index < -0.39 is 6.10 Å². The molecule has 1 aromatic carbocycles. The fraction of sp³-hybridized carbons (Fsp3) is 0.438. The largest absolute Gasteiger partial charge is 0.340 e. The molecular formula is C16H21FN4O2. The lowest BCUT2D eigenvalue weighted by molar-refractivity contribution is -0.196. The third-order valence-electron chi connectivity index (χ3n) is 3.96. The van der Waals surface area contributed by atoms with Crippen molar-refractivity contribution in [1.82, 2.24) is 15.6 Å². The lowest BCUT2D eigenvalue weighted by atomic mass is 10.2. The van der Waals surface area contributed by atoms with Crippen LogP contribution >= 0.6 is 0 Å². The molecule has 0 aromatic heterocycles. The zero-order valence-corrected chi connectivity index (χ0v) is 13.3. The number of nitrogens with one attached hydrogen (secondary N) is 1. The molecule has 1 saturated heterocycles. The molecule has 1 atom stereocenters. The Morgan fingerprint density at radius 1 is 1.30 bits per heavy atom. The number of amides is 1. The van der Waals surface area contributed by atoms with E-state index in [1.165, 1.54) is 16.2 Å². The summed E-state index contributed by atoms with van der Waals surface area (Å²) in [4.78, 5) is 19.6. The molecule has 1 unspecified atom stereocenters. The SMILES string of the molecule is Cc1ccc(F)c(N2C=CN(OC(C)C(=O)N3CCCC3)N2)c1. The maximum atomic E-state index is 13.9. The molecule has 0 aliphatic carbocycles. The molecular weight excluding hydrogens is 299 g/mol. The summed E-state index contributed by atoms with van der Waals surface area (Å²) in [6.45, 7) is 5.19. The average Bonchev–Trinajstić information content (AvgIpc) is 3.20. The van der Waals surface area contributed by atoms with Gasteiger partial charge in [0.05, 0.1) is 11.9 Å². The van der Waals surface area contributed by atoms with Gasteiger partial charge in [-0.3, -0.25) is 9.80 Å². The van der Waals surface area contributed by atoms with Crippen LogP contribution < -0.4 is 10.5 Å². The first-order chi connectivity index (χ1) is 11.0. The quantitative estimate of drug-likeness (QED) is 0.920. The monoisotopic (exact) mass is 320 g/mol. The number of hydrazine groups is 2. The molecule has 6 nitrogen and oxygen atoms in total. The van der Waals surface area contributed by atoms with Crippen molar-refractivity contribution in [2.75, 3.05) is 18.1 Å². The van der Waals surface area contributed by atoms with Gasteiger partial charge in [-0.15, -0.1) is 5.53 Å². The van der Waals surface area contributed by atoms with E-state index in [0.29, 0.717) is 5.69 Å². The highest BCUT2D eigenvalue weighted by Crippen LogP contribution is 2.22. The van der Waals surface area contributed by atoms with Gasteiger partial charge in [0.15, 0.2) is 6.10 Å².